The smallest absolute Gasteiger partial charge is 0.254 e. The van der Waals surface area contributed by atoms with E-state index in [4.69, 9.17) is 5.73 Å². The van der Waals surface area contributed by atoms with Gasteiger partial charge in [-0.1, -0.05) is 54.6 Å². The van der Waals surface area contributed by atoms with Gasteiger partial charge in [0.25, 0.3) is 11.8 Å². The predicted molar refractivity (Wildman–Crippen MR) is 131 cm³/mol. The molecule has 2 amide bonds. The average molecular weight is 449 g/mol. The van der Waals surface area contributed by atoms with E-state index in [2.05, 4.69) is 22.8 Å². The van der Waals surface area contributed by atoms with Crippen LogP contribution < -0.4 is 11.1 Å². The number of fused-ring (bicyclic) bond motifs is 1. The maximum atomic E-state index is 13.5. The van der Waals surface area contributed by atoms with Crippen LogP contribution in [0.4, 0.5) is 0 Å². The third-order valence-corrected chi connectivity index (χ3v) is 6.30. The molecule has 0 radical (unpaired) electrons. The summed E-state index contributed by atoms with van der Waals surface area (Å²) >= 11 is 4.30. The molecule has 3 N–H and O–H groups in total. The van der Waals surface area contributed by atoms with Crippen molar-refractivity contribution >= 4 is 35.2 Å². The molecular formula is C25H28N4O2S. The summed E-state index contributed by atoms with van der Waals surface area (Å²) in [6, 6.07) is 22.7. The van der Waals surface area contributed by atoms with Crippen LogP contribution in [-0.4, -0.2) is 65.8 Å². The normalized spacial score (nSPS) is 17.8. The minimum absolute atomic E-state index is 0.0288. The first-order valence-electron chi connectivity index (χ1n) is 10.8. The Labute approximate surface area is 193 Å². The minimum Gasteiger partial charge on any atom is -0.335 e. The Morgan fingerprint density at radius 1 is 1.00 bits per heavy atom. The molecule has 2 atom stereocenters. The lowest BCUT2D eigenvalue weighted by Crippen LogP contribution is -2.63. The molecule has 3 aromatic carbocycles. The lowest BCUT2D eigenvalue weighted by molar-refractivity contribution is 0.0368. The van der Waals surface area contributed by atoms with Crippen LogP contribution in [0.15, 0.2) is 72.8 Å². The van der Waals surface area contributed by atoms with Gasteiger partial charge in [0.05, 0.1) is 6.54 Å². The summed E-state index contributed by atoms with van der Waals surface area (Å²) in [6.45, 7) is 2.18. The Balaban J connectivity index is 1.56. The summed E-state index contributed by atoms with van der Waals surface area (Å²) in [6.07, 6.45) is -0.332. The second-order valence-electron chi connectivity index (χ2n) is 8.07. The molecule has 0 saturated carbocycles. The second-order valence-corrected chi connectivity index (χ2v) is 8.44. The molecular weight excluding hydrogens is 420 g/mol. The van der Waals surface area contributed by atoms with Gasteiger partial charge in [0, 0.05) is 42.6 Å². The van der Waals surface area contributed by atoms with E-state index in [1.165, 1.54) is 0 Å². The Morgan fingerprint density at radius 3 is 2.50 bits per heavy atom. The van der Waals surface area contributed by atoms with Gasteiger partial charge >= 0.3 is 0 Å². The van der Waals surface area contributed by atoms with E-state index < -0.39 is 0 Å². The number of nitrogens with zero attached hydrogens (tertiary/aromatic N) is 2. The highest BCUT2D eigenvalue weighted by Gasteiger charge is 2.32. The number of hydrogen-bond donors (Lipinski definition) is 3. The zero-order chi connectivity index (χ0) is 22.5. The van der Waals surface area contributed by atoms with E-state index in [1.807, 2.05) is 65.6 Å². The Hall–Kier alpha value is -2.87. The van der Waals surface area contributed by atoms with E-state index in [1.54, 1.807) is 12.1 Å². The molecule has 0 aliphatic carbocycles. The highest BCUT2D eigenvalue weighted by molar-refractivity contribution is 7.80. The van der Waals surface area contributed by atoms with Crippen LogP contribution in [0.2, 0.25) is 0 Å². The molecule has 1 heterocycles. The summed E-state index contributed by atoms with van der Waals surface area (Å²) in [5.41, 5.74) is 7.41. The van der Waals surface area contributed by atoms with Gasteiger partial charge in [-0.25, -0.2) is 0 Å². The molecule has 0 aromatic heterocycles. The molecule has 2 unspecified atom stereocenters. The maximum Gasteiger partial charge on any atom is 0.254 e. The number of amides is 2. The van der Waals surface area contributed by atoms with Crippen LogP contribution >= 0.6 is 12.6 Å². The quantitative estimate of drug-likeness (QED) is 0.507. The Kier molecular flexibility index (Phi) is 7.09. The zero-order valence-corrected chi connectivity index (χ0v) is 18.7. The van der Waals surface area contributed by atoms with Gasteiger partial charge in [0.15, 0.2) is 0 Å². The van der Waals surface area contributed by atoms with Crippen molar-refractivity contribution in [3.05, 3.63) is 83.9 Å². The van der Waals surface area contributed by atoms with E-state index in [9.17, 15) is 9.59 Å². The van der Waals surface area contributed by atoms with Crippen LogP contribution in [0.25, 0.3) is 10.8 Å². The summed E-state index contributed by atoms with van der Waals surface area (Å²) in [7, 11) is 0. The second kappa shape index (κ2) is 10.2. The fourth-order valence-corrected chi connectivity index (χ4v) is 4.24. The summed E-state index contributed by atoms with van der Waals surface area (Å²) in [5.74, 6) is 0.354. The average Bonchev–Trinajstić information content (AvgIpc) is 2.84. The molecule has 1 aliphatic heterocycles. The van der Waals surface area contributed by atoms with Crippen molar-refractivity contribution in [3.63, 3.8) is 0 Å². The number of carbonyl (C=O) groups is 2. The van der Waals surface area contributed by atoms with Crippen molar-refractivity contribution in [3.8, 4) is 0 Å². The van der Waals surface area contributed by atoms with E-state index in [0.29, 0.717) is 43.1 Å². The van der Waals surface area contributed by atoms with Crippen molar-refractivity contribution in [1.82, 2.24) is 15.1 Å². The SMILES string of the molecule is NC(CS)CN1CCN(C(=O)c2cccc3ccccc23)CC1NC(=O)c1ccccc1. The number of piperazine rings is 1. The Morgan fingerprint density at radius 2 is 1.72 bits per heavy atom. The van der Waals surface area contributed by atoms with Crippen molar-refractivity contribution in [1.29, 1.82) is 0 Å². The van der Waals surface area contributed by atoms with Crippen LogP contribution in [0.3, 0.4) is 0 Å². The molecule has 3 aromatic rings. The number of thiol groups is 1. The summed E-state index contributed by atoms with van der Waals surface area (Å²) < 4.78 is 0. The van der Waals surface area contributed by atoms with Crippen molar-refractivity contribution in [2.75, 3.05) is 31.9 Å². The lowest BCUT2D eigenvalue weighted by atomic mass is 10.0. The highest BCUT2D eigenvalue weighted by Crippen LogP contribution is 2.21. The molecule has 7 heteroatoms. The van der Waals surface area contributed by atoms with E-state index in [0.717, 1.165) is 10.8 Å². The topological polar surface area (TPSA) is 78.7 Å². The lowest BCUT2D eigenvalue weighted by Gasteiger charge is -2.42. The van der Waals surface area contributed by atoms with Gasteiger partial charge in [0.2, 0.25) is 0 Å². The standard InChI is InChI=1S/C25H28N4O2S/c26-20(17-32)15-28-13-14-29(16-23(28)27-24(30)19-8-2-1-3-9-19)25(31)22-12-6-10-18-7-4-5-11-21(18)22/h1-12,20,23,32H,13-17,26H2,(H,27,30). The number of nitrogens with two attached hydrogens (primary N) is 1. The molecule has 1 saturated heterocycles. The number of nitrogens with one attached hydrogen (secondary N) is 1. The third-order valence-electron chi connectivity index (χ3n) is 5.84. The fourth-order valence-electron chi connectivity index (χ4n) is 4.13. The van der Waals surface area contributed by atoms with Crippen LogP contribution in [0, 0.1) is 0 Å². The number of carbonyl (C=O) groups excluding carboxylic acids is 2. The van der Waals surface area contributed by atoms with Gasteiger partial charge in [-0.3, -0.25) is 14.5 Å². The van der Waals surface area contributed by atoms with E-state index in [-0.39, 0.29) is 24.0 Å². The Bertz CT molecular complexity index is 1090. The molecule has 32 heavy (non-hydrogen) atoms. The first-order valence-corrected chi connectivity index (χ1v) is 11.4. The van der Waals surface area contributed by atoms with Gasteiger partial charge in [-0.15, -0.1) is 0 Å². The summed E-state index contributed by atoms with van der Waals surface area (Å²) in [4.78, 5) is 30.3. The molecule has 1 fully saturated rings. The molecule has 166 valence electrons. The van der Waals surface area contributed by atoms with E-state index >= 15 is 0 Å². The third kappa shape index (κ3) is 4.96. The minimum atomic E-state index is -0.332. The number of rotatable bonds is 6. The first kappa shape index (κ1) is 22.3. The molecule has 4 rings (SSSR count). The maximum absolute atomic E-state index is 13.5. The van der Waals surface area contributed by atoms with Crippen molar-refractivity contribution < 1.29 is 9.59 Å². The first-order chi connectivity index (χ1) is 15.6. The predicted octanol–water partition coefficient (Wildman–Crippen LogP) is 2.61. The molecule has 1 aliphatic rings. The summed E-state index contributed by atoms with van der Waals surface area (Å²) in [5, 5.41) is 5.07. The largest absolute Gasteiger partial charge is 0.335 e. The van der Waals surface area contributed by atoms with Gasteiger partial charge < -0.3 is 16.0 Å². The van der Waals surface area contributed by atoms with Gasteiger partial charge in [0.1, 0.15) is 6.17 Å². The number of benzene rings is 3. The molecule has 0 bridgehead atoms. The molecule has 6 nitrogen and oxygen atoms in total. The van der Waals surface area contributed by atoms with Gasteiger partial charge in [-0.05, 0) is 29.0 Å². The number of hydrogen-bond acceptors (Lipinski definition) is 5. The monoisotopic (exact) mass is 448 g/mol. The fraction of sp³-hybridized carbons (Fsp3) is 0.280. The molecule has 0 spiro atoms. The van der Waals surface area contributed by atoms with Crippen LogP contribution in [0.1, 0.15) is 20.7 Å². The van der Waals surface area contributed by atoms with Crippen molar-refractivity contribution in [2.45, 2.75) is 12.2 Å². The highest BCUT2D eigenvalue weighted by atomic mass is 32.1. The van der Waals surface area contributed by atoms with Crippen LogP contribution in [-0.2, 0) is 0 Å². The van der Waals surface area contributed by atoms with Gasteiger partial charge in [-0.2, -0.15) is 12.6 Å². The van der Waals surface area contributed by atoms with Crippen LogP contribution in [0.5, 0.6) is 0 Å². The zero-order valence-electron chi connectivity index (χ0n) is 17.9. The van der Waals surface area contributed by atoms with Crippen molar-refractivity contribution in [2.24, 2.45) is 5.73 Å².